The van der Waals surface area contributed by atoms with Crippen molar-refractivity contribution in [1.82, 2.24) is 4.98 Å². The second-order valence-electron chi connectivity index (χ2n) is 7.32. The van der Waals surface area contributed by atoms with Crippen LogP contribution in [0.15, 0.2) is 12.1 Å². The number of halogens is 1. The van der Waals surface area contributed by atoms with Gasteiger partial charge in [-0.1, -0.05) is 46.2 Å². The van der Waals surface area contributed by atoms with E-state index in [0.717, 1.165) is 12.1 Å². The summed E-state index contributed by atoms with van der Waals surface area (Å²) in [6, 6.07) is 3.79. The van der Waals surface area contributed by atoms with Crippen molar-refractivity contribution < 1.29 is 14.3 Å². The van der Waals surface area contributed by atoms with Crippen molar-refractivity contribution in [2.24, 2.45) is 17.6 Å². The van der Waals surface area contributed by atoms with Gasteiger partial charge in [0, 0.05) is 5.69 Å². The third-order valence-electron chi connectivity index (χ3n) is 2.76. The van der Waals surface area contributed by atoms with Crippen molar-refractivity contribution in [2.45, 2.75) is 74.3 Å². The molecule has 0 aliphatic rings. The number of aryl methyl sites for hydroxylation is 1. The Morgan fingerprint density at radius 2 is 1.77 bits per heavy atom. The summed E-state index contributed by atoms with van der Waals surface area (Å²) in [5.74, 6) is 1.92. The number of carbonyl (C=O) groups excluding carboxylic acids is 1. The standard InChI is InChI=1S/C13H20ClNO.C5H11NO2.C2H6/c1-9(2)7-10(3)8-16-12-6-5-11(4)15-13(12)14;1-5(2,3)8-4(6)7;1-2/h5-6,9-10H,7-8H2,1-4H3;1-3H3,(H2,6,7);1-2H3. The number of hydrogen-bond acceptors (Lipinski definition) is 4. The number of pyridine rings is 1. The third kappa shape index (κ3) is 16.0. The molecule has 0 radical (unpaired) electrons. The van der Waals surface area contributed by atoms with Crippen LogP contribution in [0.2, 0.25) is 5.15 Å². The minimum Gasteiger partial charge on any atom is -0.490 e. The van der Waals surface area contributed by atoms with E-state index in [2.05, 4.69) is 30.5 Å². The lowest BCUT2D eigenvalue weighted by molar-refractivity contribution is 0.0600. The lowest BCUT2D eigenvalue weighted by Crippen LogP contribution is -2.27. The Morgan fingerprint density at radius 3 is 2.12 bits per heavy atom. The average Bonchev–Trinajstić information content (AvgIpc) is 2.45. The second-order valence-corrected chi connectivity index (χ2v) is 7.68. The Labute approximate surface area is 164 Å². The Balaban J connectivity index is 0. The van der Waals surface area contributed by atoms with E-state index in [9.17, 15) is 4.79 Å². The molecule has 1 aromatic heterocycles. The fourth-order valence-electron chi connectivity index (χ4n) is 2.03. The number of amides is 1. The summed E-state index contributed by atoms with van der Waals surface area (Å²) in [5.41, 5.74) is 5.17. The summed E-state index contributed by atoms with van der Waals surface area (Å²) in [5, 5.41) is 0.455. The van der Waals surface area contributed by atoms with Gasteiger partial charge in [0.25, 0.3) is 0 Å². The molecule has 0 bridgehead atoms. The summed E-state index contributed by atoms with van der Waals surface area (Å²) >= 11 is 5.98. The number of primary amides is 1. The molecule has 26 heavy (non-hydrogen) atoms. The van der Waals surface area contributed by atoms with E-state index in [1.54, 1.807) is 20.8 Å². The first-order valence-electron chi connectivity index (χ1n) is 9.15. The van der Waals surface area contributed by atoms with Gasteiger partial charge in [0.05, 0.1) is 6.61 Å². The molecule has 1 aromatic rings. The molecule has 1 unspecified atom stereocenters. The maximum atomic E-state index is 10.0. The van der Waals surface area contributed by atoms with Crippen LogP contribution in [0.5, 0.6) is 5.75 Å². The van der Waals surface area contributed by atoms with E-state index in [1.807, 2.05) is 32.9 Å². The maximum Gasteiger partial charge on any atom is 0.405 e. The molecule has 0 aliphatic carbocycles. The van der Waals surface area contributed by atoms with Gasteiger partial charge in [-0.05, 0) is 58.1 Å². The van der Waals surface area contributed by atoms with Crippen LogP contribution in [-0.2, 0) is 4.74 Å². The second kappa shape index (κ2) is 13.7. The van der Waals surface area contributed by atoms with Crippen LogP contribution >= 0.6 is 11.6 Å². The number of carbonyl (C=O) groups is 1. The average molecular weight is 389 g/mol. The molecule has 152 valence electrons. The van der Waals surface area contributed by atoms with Crippen LogP contribution in [0.3, 0.4) is 0 Å². The van der Waals surface area contributed by atoms with Gasteiger partial charge in [0.2, 0.25) is 0 Å². The van der Waals surface area contributed by atoms with Crippen LogP contribution in [0.4, 0.5) is 4.79 Å². The zero-order valence-electron chi connectivity index (χ0n) is 17.9. The molecule has 6 heteroatoms. The number of aromatic nitrogens is 1. The predicted molar refractivity (Wildman–Crippen MR) is 110 cm³/mol. The molecular formula is C20H37ClN2O3. The van der Waals surface area contributed by atoms with Gasteiger partial charge >= 0.3 is 6.09 Å². The molecule has 2 N–H and O–H groups in total. The largest absolute Gasteiger partial charge is 0.490 e. The highest BCUT2D eigenvalue weighted by Crippen LogP contribution is 2.23. The fourth-order valence-corrected chi connectivity index (χ4v) is 2.28. The zero-order chi connectivity index (χ0) is 20.9. The van der Waals surface area contributed by atoms with Crippen LogP contribution in [0, 0.1) is 18.8 Å². The van der Waals surface area contributed by atoms with Crippen molar-refractivity contribution in [3.05, 3.63) is 23.0 Å². The van der Waals surface area contributed by atoms with Crippen molar-refractivity contribution in [3.8, 4) is 5.75 Å². The van der Waals surface area contributed by atoms with E-state index < -0.39 is 11.7 Å². The highest BCUT2D eigenvalue weighted by Gasteiger charge is 2.12. The van der Waals surface area contributed by atoms with Crippen LogP contribution in [-0.4, -0.2) is 23.3 Å². The van der Waals surface area contributed by atoms with E-state index in [-0.39, 0.29) is 0 Å². The predicted octanol–water partition coefficient (Wildman–Crippen LogP) is 6.01. The topological polar surface area (TPSA) is 74.4 Å². The van der Waals surface area contributed by atoms with Crippen molar-refractivity contribution >= 4 is 17.7 Å². The number of nitrogens with two attached hydrogens (primary N) is 1. The van der Waals surface area contributed by atoms with Crippen molar-refractivity contribution in [1.29, 1.82) is 0 Å². The van der Waals surface area contributed by atoms with Gasteiger partial charge in [-0.15, -0.1) is 0 Å². The summed E-state index contributed by atoms with van der Waals surface area (Å²) in [7, 11) is 0. The first-order valence-corrected chi connectivity index (χ1v) is 9.53. The van der Waals surface area contributed by atoms with Crippen LogP contribution < -0.4 is 10.5 Å². The Kier molecular flexibility index (Phi) is 14.1. The van der Waals surface area contributed by atoms with Crippen LogP contribution in [0.1, 0.15) is 67.5 Å². The van der Waals surface area contributed by atoms with Gasteiger partial charge in [0.15, 0.2) is 10.9 Å². The normalized spacial score (nSPS) is 11.5. The monoisotopic (exact) mass is 388 g/mol. The molecular weight excluding hydrogens is 352 g/mol. The summed E-state index contributed by atoms with van der Waals surface area (Å²) < 4.78 is 10.2. The van der Waals surface area contributed by atoms with Gasteiger partial charge in [-0.3, -0.25) is 0 Å². The highest BCUT2D eigenvalue weighted by atomic mass is 35.5. The first kappa shape index (κ1) is 26.7. The van der Waals surface area contributed by atoms with Gasteiger partial charge in [-0.2, -0.15) is 0 Å². The van der Waals surface area contributed by atoms with Crippen molar-refractivity contribution in [2.75, 3.05) is 6.61 Å². The molecule has 0 fully saturated rings. The van der Waals surface area contributed by atoms with Gasteiger partial charge < -0.3 is 15.2 Å². The molecule has 1 rings (SSSR count). The molecule has 0 saturated heterocycles. The van der Waals surface area contributed by atoms with Crippen LogP contribution in [0.25, 0.3) is 0 Å². The lowest BCUT2D eigenvalue weighted by Gasteiger charge is -2.16. The number of hydrogen-bond donors (Lipinski definition) is 1. The molecule has 0 aliphatic heterocycles. The van der Waals surface area contributed by atoms with E-state index in [4.69, 9.17) is 22.1 Å². The van der Waals surface area contributed by atoms with E-state index in [0.29, 0.717) is 29.3 Å². The number of nitrogens with zero attached hydrogens (tertiary/aromatic N) is 1. The molecule has 1 amide bonds. The lowest BCUT2D eigenvalue weighted by atomic mass is 10.00. The molecule has 0 saturated carbocycles. The Morgan fingerprint density at radius 1 is 1.23 bits per heavy atom. The first-order chi connectivity index (χ1) is 11.9. The Hall–Kier alpha value is -1.49. The SMILES string of the molecule is CC.CC(C)(C)OC(N)=O.Cc1ccc(OCC(C)CC(C)C)c(Cl)n1. The Bertz CT molecular complexity index is 514. The minimum absolute atomic E-state index is 0.453. The fraction of sp³-hybridized carbons (Fsp3) is 0.700. The number of rotatable bonds is 5. The molecule has 0 aromatic carbocycles. The summed E-state index contributed by atoms with van der Waals surface area (Å²) in [4.78, 5) is 14.2. The van der Waals surface area contributed by atoms with Gasteiger partial charge in [0.1, 0.15) is 5.60 Å². The number of ether oxygens (including phenoxy) is 2. The molecule has 0 spiro atoms. The highest BCUT2D eigenvalue weighted by molar-refractivity contribution is 6.30. The smallest absolute Gasteiger partial charge is 0.405 e. The minimum atomic E-state index is -0.725. The maximum absolute atomic E-state index is 10.0. The van der Waals surface area contributed by atoms with Gasteiger partial charge in [-0.25, -0.2) is 9.78 Å². The zero-order valence-corrected chi connectivity index (χ0v) is 18.6. The molecule has 1 heterocycles. The summed E-state index contributed by atoms with van der Waals surface area (Å²) in [6.45, 7) is 18.5. The third-order valence-corrected chi connectivity index (χ3v) is 3.03. The quantitative estimate of drug-likeness (QED) is 0.626. The molecule has 5 nitrogen and oxygen atoms in total. The molecule has 1 atom stereocenters. The summed E-state index contributed by atoms with van der Waals surface area (Å²) in [6.07, 6.45) is 0.439. The van der Waals surface area contributed by atoms with Crippen molar-refractivity contribution in [3.63, 3.8) is 0 Å². The van der Waals surface area contributed by atoms with E-state index in [1.165, 1.54) is 0 Å². The van der Waals surface area contributed by atoms with E-state index >= 15 is 0 Å².